The monoisotopic (exact) mass is 293 g/mol. The number of carbonyl (C=O) groups is 1. The van der Waals surface area contributed by atoms with Crippen LogP contribution < -0.4 is 15.8 Å². The van der Waals surface area contributed by atoms with Gasteiger partial charge in [-0.2, -0.15) is 0 Å². The van der Waals surface area contributed by atoms with Crippen LogP contribution in [0.25, 0.3) is 0 Å². The van der Waals surface area contributed by atoms with Crippen molar-refractivity contribution < 1.29 is 18.4 Å². The quantitative estimate of drug-likeness (QED) is 0.804. The van der Waals surface area contributed by atoms with Crippen LogP contribution in [0.1, 0.15) is 18.2 Å². The number of nitrogens with two attached hydrogens (primary N) is 1. The van der Waals surface area contributed by atoms with Crippen molar-refractivity contribution in [2.24, 2.45) is 5.73 Å². The average Bonchev–Trinajstić information content (AvgIpc) is 2.90. The van der Waals surface area contributed by atoms with E-state index >= 15 is 0 Å². The van der Waals surface area contributed by atoms with Gasteiger partial charge in [0.05, 0.1) is 12.6 Å². The van der Waals surface area contributed by atoms with Gasteiger partial charge in [0, 0.05) is 6.07 Å². The van der Waals surface area contributed by atoms with Crippen molar-refractivity contribution >= 4 is 5.91 Å². The molecule has 0 saturated carbocycles. The molecule has 0 fully saturated rings. The van der Waals surface area contributed by atoms with Crippen LogP contribution >= 0.6 is 0 Å². The first-order valence-electron chi connectivity index (χ1n) is 6.40. The fourth-order valence-electron chi connectivity index (χ4n) is 1.58. The summed E-state index contributed by atoms with van der Waals surface area (Å²) in [5, 5.41) is 6.61. The first-order chi connectivity index (χ1) is 10.0. The van der Waals surface area contributed by atoms with Gasteiger partial charge in [-0.3, -0.25) is 10.1 Å². The average molecular weight is 293 g/mol. The number of amides is 1. The molecule has 0 aliphatic heterocycles. The summed E-state index contributed by atoms with van der Waals surface area (Å²) in [5.41, 5.74) is 5.82. The lowest BCUT2D eigenvalue weighted by Gasteiger charge is -2.06. The van der Waals surface area contributed by atoms with E-state index in [1.807, 2.05) is 0 Å². The molecule has 21 heavy (non-hydrogen) atoms. The normalized spacial score (nSPS) is 12.1. The van der Waals surface area contributed by atoms with Crippen LogP contribution in [0.15, 0.2) is 34.9 Å². The molecule has 1 aromatic carbocycles. The van der Waals surface area contributed by atoms with E-state index in [-0.39, 0.29) is 12.4 Å². The molecule has 0 spiro atoms. The molecule has 7 heteroatoms. The zero-order valence-electron chi connectivity index (χ0n) is 11.5. The van der Waals surface area contributed by atoms with Crippen molar-refractivity contribution in [2.75, 3.05) is 0 Å². The van der Waals surface area contributed by atoms with Gasteiger partial charge < -0.3 is 15.0 Å². The second-order valence-corrected chi connectivity index (χ2v) is 4.56. The SMILES string of the molecule is CC(NCc1cc(OCc2cccc(F)c2)no1)C(N)=O. The Kier molecular flexibility index (Phi) is 4.89. The zero-order chi connectivity index (χ0) is 15.2. The number of benzene rings is 1. The van der Waals surface area contributed by atoms with Crippen molar-refractivity contribution in [3.8, 4) is 5.88 Å². The Morgan fingerprint density at radius 3 is 3.05 bits per heavy atom. The summed E-state index contributed by atoms with van der Waals surface area (Å²) < 4.78 is 23.4. The lowest BCUT2D eigenvalue weighted by atomic mass is 10.2. The molecular weight excluding hydrogens is 277 g/mol. The van der Waals surface area contributed by atoms with E-state index < -0.39 is 11.9 Å². The van der Waals surface area contributed by atoms with Crippen LogP contribution in [0.4, 0.5) is 4.39 Å². The lowest BCUT2D eigenvalue weighted by molar-refractivity contribution is -0.119. The minimum Gasteiger partial charge on any atom is -0.471 e. The minimum absolute atomic E-state index is 0.189. The molecule has 0 aliphatic carbocycles. The summed E-state index contributed by atoms with van der Waals surface area (Å²) in [6.45, 7) is 2.15. The molecule has 2 rings (SSSR count). The third kappa shape index (κ3) is 4.57. The van der Waals surface area contributed by atoms with E-state index in [1.165, 1.54) is 12.1 Å². The Bertz CT molecular complexity index is 615. The van der Waals surface area contributed by atoms with Crippen LogP contribution in [0.2, 0.25) is 0 Å². The Morgan fingerprint density at radius 2 is 2.33 bits per heavy atom. The van der Waals surface area contributed by atoms with Crippen LogP contribution in [0, 0.1) is 5.82 Å². The standard InChI is InChI=1S/C14H16FN3O3/c1-9(14(16)19)17-7-12-6-13(18-21-12)20-8-10-3-2-4-11(15)5-10/h2-6,9,17H,7-8H2,1H3,(H2,16,19). The second-order valence-electron chi connectivity index (χ2n) is 4.56. The number of halogens is 1. The minimum atomic E-state index is -0.466. The summed E-state index contributed by atoms with van der Waals surface area (Å²) >= 11 is 0. The molecule has 1 aromatic heterocycles. The molecule has 1 amide bonds. The number of aromatic nitrogens is 1. The predicted molar refractivity (Wildman–Crippen MR) is 72.7 cm³/mol. The molecule has 1 heterocycles. The Labute approximate surface area is 121 Å². The highest BCUT2D eigenvalue weighted by atomic mass is 19.1. The molecule has 3 N–H and O–H groups in total. The highest BCUT2D eigenvalue weighted by Crippen LogP contribution is 2.14. The second kappa shape index (κ2) is 6.85. The van der Waals surface area contributed by atoms with E-state index in [9.17, 15) is 9.18 Å². The largest absolute Gasteiger partial charge is 0.471 e. The maximum atomic E-state index is 13.0. The van der Waals surface area contributed by atoms with Gasteiger partial charge in [-0.1, -0.05) is 12.1 Å². The molecular formula is C14H16FN3O3. The van der Waals surface area contributed by atoms with Crippen molar-refractivity contribution in [2.45, 2.75) is 26.1 Å². The van der Waals surface area contributed by atoms with Gasteiger partial charge in [-0.05, 0) is 29.8 Å². The van der Waals surface area contributed by atoms with E-state index in [4.69, 9.17) is 15.0 Å². The van der Waals surface area contributed by atoms with E-state index in [2.05, 4.69) is 10.5 Å². The molecule has 1 unspecified atom stereocenters. The van der Waals surface area contributed by atoms with E-state index in [1.54, 1.807) is 25.1 Å². The van der Waals surface area contributed by atoms with Crippen molar-refractivity contribution in [3.63, 3.8) is 0 Å². The van der Waals surface area contributed by atoms with Gasteiger partial charge in [-0.15, -0.1) is 0 Å². The fourth-order valence-corrected chi connectivity index (χ4v) is 1.58. The Balaban J connectivity index is 1.84. The summed E-state index contributed by atoms with van der Waals surface area (Å²) in [5.74, 6) is 0.0406. The smallest absolute Gasteiger partial charge is 0.254 e. The van der Waals surface area contributed by atoms with Crippen molar-refractivity contribution in [1.29, 1.82) is 0 Å². The van der Waals surface area contributed by atoms with E-state index in [0.29, 0.717) is 23.7 Å². The topological polar surface area (TPSA) is 90.4 Å². The van der Waals surface area contributed by atoms with Crippen molar-refractivity contribution in [1.82, 2.24) is 10.5 Å². The van der Waals surface area contributed by atoms with Gasteiger partial charge in [0.1, 0.15) is 12.4 Å². The third-order valence-corrected chi connectivity index (χ3v) is 2.82. The predicted octanol–water partition coefficient (Wildman–Crippen LogP) is 1.36. The summed E-state index contributed by atoms with van der Waals surface area (Å²) in [4.78, 5) is 10.9. The van der Waals surface area contributed by atoms with Gasteiger partial charge in [0.2, 0.25) is 5.91 Å². The Hall–Kier alpha value is -2.41. The van der Waals surface area contributed by atoms with Gasteiger partial charge in [-0.25, -0.2) is 4.39 Å². The zero-order valence-corrected chi connectivity index (χ0v) is 11.5. The number of nitrogens with one attached hydrogen (secondary N) is 1. The summed E-state index contributed by atoms with van der Waals surface area (Å²) in [6.07, 6.45) is 0. The molecule has 2 aromatic rings. The molecule has 0 radical (unpaired) electrons. The fraction of sp³-hybridized carbons (Fsp3) is 0.286. The van der Waals surface area contributed by atoms with Gasteiger partial charge >= 0.3 is 0 Å². The molecule has 1 atom stereocenters. The molecule has 0 aliphatic rings. The molecule has 0 saturated heterocycles. The van der Waals surface area contributed by atoms with Crippen molar-refractivity contribution in [3.05, 3.63) is 47.5 Å². The first kappa shape index (κ1) is 15.0. The number of primary amides is 1. The van der Waals surface area contributed by atoms with Crippen LogP contribution in [0.5, 0.6) is 5.88 Å². The van der Waals surface area contributed by atoms with Gasteiger partial charge in [0.25, 0.3) is 5.88 Å². The highest BCUT2D eigenvalue weighted by Gasteiger charge is 2.10. The maximum Gasteiger partial charge on any atom is 0.254 e. The molecule has 6 nitrogen and oxygen atoms in total. The number of nitrogens with zero attached hydrogens (tertiary/aromatic N) is 1. The summed E-state index contributed by atoms with van der Waals surface area (Å²) in [6, 6.07) is 7.24. The van der Waals surface area contributed by atoms with Crippen LogP contribution in [-0.2, 0) is 17.9 Å². The molecule has 0 bridgehead atoms. The first-order valence-corrected chi connectivity index (χ1v) is 6.40. The highest BCUT2D eigenvalue weighted by molar-refractivity contribution is 5.79. The maximum absolute atomic E-state index is 13.0. The number of rotatable bonds is 7. The molecule has 112 valence electrons. The third-order valence-electron chi connectivity index (χ3n) is 2.82. The number of ether oxygens (including phenoxy) is 1. The van der Waals surface area contributed by atoms with Crippen LogP contribution in [-0.4, -0.2) is 17.1 Å². The van der Waals surface area contributed by atoms with Crippen LogP contribution in [0.3, 0.4) is 0 Å². The van der Waals surface area contributed by atoms with E-state index in [0.717, 1.165) is 0 Å². The number of carbonyl (C=O) groups excluding carboxylic acids is 1. The van der Waals surface area contributed by atoms with Gasteiger partial charge in [0.15, 0.2) is 5.76 Å². The number of hydrogen-bond donors (Lipinski definition) is 2. The summed E-state index contributed by atoms with van der Waals surface area (Å²) in [7, 11) is 0. The lowest BCUT2D eigenvalue weighted by Crippen LogP contribution is -2.38. The Morgan fingerprint density at radius 1 is 1.52 bits per heavy atom. The number of hydrogen-bond acceptors (Lipinski definition) is 5.